The van der Waals surface area contributed by atoms with Crippen LogP contribution in [0.5, 0.6) is 0 Å². The maximum atomic E-state index is 11.9. The molecule has 0 N–H and O–H groups in total. The first kappa shape index (κ1) is 13.8. The van der Waals surface area contributed by atoms with Gasteiger partial charge in [0.25, 0.3) is 0 Å². The van der Waals surface area contributed by atoms with E-state index in [2.05, 4.69) is 9.97 Å². The van der Waals surface area contributed by atoms with Gasteiger partial charge in [0.2, 0.25) is 5.28 Å². The van der Waals surface area contributed by atoms with Gasteiger partial charge >= 0.3 is 6.09 Å². The molecule has 1 amide bonds. The fraction of sp³-hybridized carbons (Fsp3) is 0.462. The van der Waals surface area contributed by atoms with Crippen LogP contribution in [0.1, 0.15) is 26.3 Å². The van der Waals surface area contributed by atoms with Crippen LogP contribution < -0.4 is 0 Å². The largest absolute Gasteiger partial charge is 0.444 e. The number of halogens is 1. The van der Waals surface area contributed by atoms with E-state index in [1.807, 2.05) is 26.8 Å². The summed E-state index contributed by atoms with van der Waals surface area (Å²) in [6.45, 7) is 6.58. The lowest BCUT2D eigenvalue weighted by molar-refractivity contribution is 0.0306. The zero-order valence-corrected chi connectivity index (χ0v) is 11.9. The lowest BCUT2D eigenvalue weighted by atomic mass is 10.1. The minimum atomic E-state index is -0.483. The smallest absolute Gasteiger partial charge is 0.410 e. The van der Waals surface area contributed by atoms with Crippen LogP contribution >= 0.6 is 11.6 Å². The summed E-state index contributed by atoms with van der Waals surface area (Å²) in [6, 6.07) is 0. The van der Waals surface area contributed by atoms with Gasteiger partial charge in [-0.05, 0) is 37.9 Å². The van der Waals surface area contributed by atoms with E-state index < -0.39 is 5.60 Å². The maximum absolute atomic E-state index is 11.9. The summed E-state index contributed by atoms with van der Waals surface area (Å²) in [5.74, 6) is 0. The van der Waals surface area contributed by atoms with Crippen molar-refractivity contribution in [3.63, 3.8) is 0 Å². The van der Waals surface area contributed by atoms with E-state index in [1.54, 1.807) is 17.3 Å². The van der Waals surface area contributed by atoms with E-state index in [0.717, 1.165) is 11.1 Å². The highest BCUT2D eigenvalue weighted by atomic mass is 35.5. The fourth-order valence-electron chi connectivity index (χ4n) is 1.71. The van der Waals surface area contributed by atoms with E-state index in [0.29, 0.717) is 13.1 Å². The van der Waals surface area contributed by atoms with Crippen molar-refractivity contribution in [1.82, 2.24) is 14.9 Å². The van der Waals surface area contributed by atoms with Crippen molar-refractivity contribution < 1.29 is 9.53 Å². The minimum Gasteiger partial charge on any atom is -0.444 e. The Morgan fingerprint density at radius 2 is 2.00 bits per heavy atom. The molecule has 5 nitrogen and oxygen atoms in total. The monoisotopic (exact) mass is 281 g/mol. The molecule has 0 bridgehead atoms. The lowest BCUT2D eigenvalue weighted by Gasteiger charge is -2.24. The van der Waals surface area contributed by atoms with Crippen LogP contribution in [0.2, 0.25) is 5.28 Å². The highest BCUT2D eigenvalue weighted by Gasteiger charge is 2.25. The number of hydrogen-bond acceptors (Lipinski definition) is 4. The van der Waals surface area contributed by atoms with Crippen molar-refractivity contribution in [2.24, 2.45) is 0 Å². The summed E-state index contributed by atoms with van der Waals surface area (Å²) >= 11 is 5.64. The number of nitrogens with zero attached hydrogens (tertiary/aromatic N) is 3. The number of carbonyl (C=O) groups excluding carboxylic acids is 1. The molecular formula is C13H16ClN3O2. The molecule has 0 saturated carbocycles. The fourth-order valence-corrected chi connectivity index (χ4v) is 1.81. The number of carbonyl (C=O) groups is 1. The first-order chi connectivity index (χ1) is 8.85. The number of ether oxygens (including phenoxy) is 1. The maximum Gasteiger partial charge on any atom is 0.410 e. The first-order valence-electron chi connectivity index (χ1n) is 6.00. The Balaban J connectivity index is 1.99. The minimum absolute atomic E-state index is 0.214. The SMILES string of the molecule is CC(C)(C)OC(=O)N1CC=C(c2cnc(Cl)nc2)C1. The van der Waals surface area contributed by atoms with Crippen LogP contribution in [0.15, 0.2) is 18.5 Å². The van der Waals surface area contributed by atoms with E-state index in [9.17, 15) is 4.79 Å². The van der Waals surface area contributed by atoms with Gasteiger partial charge in [-0.1, -0.05) is 6.08 Å². The van der Waals surface area contributed by atoms with Crippen molar-refractivity contribution in [2.75, 3.05) is 13.1 Å². The molecule has 0 spiro atoms. The van der Waals surface area contributed by atoms with Crippen molar-refractivity contribution in [3.05, 3.63) is 29.3 Å². The van der Waals surface area contributed by atoms with Crippen LogP contribution in [0.25, 0.3) is 5.57 Å². The van der Waals surface area contributed by atoms with Gasteiger partial charge in [0.05, 0.1) is 0 Å². The Kier molecular flexibility index (Phi) is 3.75. The third-order valence-corrected chi connectivity index (χ3v) is 2.76. The molecule has 2 heterocycles. The van der Waals surface area contributed by atoms with Crippen molar-refractivity contribution in [3.8, 4) is 0 Å². The van der Waals surface area contributed by atoms with Crippen LogP contribution in [0.3, 0.4) is 0 Å². The standard InChI is InChI=1S/C13H16ClN3O2/c1-13(2,3)19-12(18)17-5-4-9(8-17)10-6-15-11(14)16-7-10/h4,6-7H,5,8H2,1-3H3. The van der Waals surface area contributed by atoms with Gasteiger partial charge in [-0.3, -0.25) is 0 Å². The summed E-state index contributed by atoms with van der Waals surface area (Å²) in [5.41, 5.74) is 1.39. The van der Waals surface area contributed by atoms with E-state index >= 15 is 0 Å². The van der Waals surface area contributed by atoms with Crippen LogP contribution in [0, 0.1) is 0 Å². The molecule has 0 saturated heterocycles. The van der Waals surface area contributed by atoms with Gasteiger partial charge in [-0.15, -0.1) is 0 Å². The molecule has 1 aliphatic heterocycles. The predicted octanol–water partition coefficient (Wildman–Crippen LogP) is 2.76. The van der Waals surface area contributed by atoms with Gasteiger partial charge in [0.15, 0.2) is 0 Å². The zero-order valence-electron chi connectivity index (χ0n) is 11.2. The van der Waals surface area contributed by atoms with Gasteiger partial charge in [-0.25, -0.2) is 14.8 Å². The van der Waals surface area contributed by atoms with Gasteiger partial charge < -0.3 is 9.64 Å². The predicted molar refractivity (Wildman–Crippen MR) is 72.8 cm³/mol. The highest BCUT2D eigenvalue weighted by molar-refractivity contribution is 6.28. The number of aromatic nitrogens is 2. The Morgan fingerprint density at radius 1 is 1.37 bits per heavy atom. The molecule has 0 atom stereocenters. The van der Waals surface area contributed by atoms with Crippen LogP contribution in [-0.2, 0) is 4.74 Å². The van der Waals surface area contributed by atoms with Crippen molar-refractivity contribution >= 4 is 23.3 Å². The molecule has 19 heavy (non-hydrogen) atoms. The topological polar surface area (TPSA) is 55.3 Å². The Morgan fingerprint density at radius 3 is 2.58 bits per heavy atom. The summed E-state index contributed by atoms with van der Waals surface area (Å²) in [5, 5.41) is 0.214. The average molecular weight is 282 g/mol. The van der Waals surface area contributed by atoms with Gasteiger partial charge in [0, 0.05) is 31.0 Å². The Hall–Kier alpha value is -1.62. The Labute approximate surface area is 117 Å². The van der Waals surface area contributed by atoms with E-state index in [1.165, 1.54) is 0 Å². The second-order valence-corrected chi connectivity index (χ2v) is 5.67. The second kappa shape index (κ2) is 5.17. The molecule has 0 unspecified atom stereocenters. The zero-order chi connectivity index (χ0) is 14.0. The molecule has 1 aromatic heterocycles. The molecule has 1 aliphatic rings. The van der Waals surface area contributed by atoms with E-state index in [-0.39, 0.29) is 11.4 Å². The number of amides is 1. The molecular weight excluding hydrogens is 266 g/mol. The molecule has 2 rings (SSSR count). The second-order valence-electron chi connectivity index (χ2n) is 5.33. The van der Waals surface area contributed by atoms with E-state index in [4.69, 9.17) is 16.3 Å². The third-order valence-electron chi connectivity index (χ3n) is 2.56. The van der Waals surface area contributed by atoms with Gasteiger partial charge in [0.1, 0.15) is 5.60 Å². The van der Waals surface area contributed by atoms with Crippen LogP contribution in [-0.4, -0.2) is 39.7 Å². The summed E-state index contributed by atoms with van der Waals surface area (Å²) < 4.78 is 5.33. The van der Waals surface area contributed by atoms with Gasteiger partial charge in [-0.2, -0.15) is 0 Å². The summed E-state index contributed by atoms with van der Waals surface area (Å²) in [4.78, 5) is 21.4. The summed E-state index contributed by atoms with van der Waals surface area (Å²) in [7, 11) is 0. The van der Waals surface area contributed by atoms with Crippen molar-refractivity contribution in [1.29, 1.82) is 0 Å². The molecule has 0 aromatic carbocycles. The number of rotatable bonds is 1. The quantitative estimate of drug-likeness (QED) is 0.743. The van der Waals surface area contributed by atoms with Crippen LogP contribution in [0.4, 0.5) is 4.79 Å². The molecule has 0 fully saturated rings. The molecule has 0 aliphatic carbocycles. The highest BCUT2D eigenvalue weighted by Crippen LogP contribution is 2.22. The average Bonchev–Trinajstić information content (AvgIpc) is 2.77. The molecule has 0 radical (unpaired) electrons. The Bertz CT molecular complexity index is 506. The van der Waals surface area contributed by atoms with Crippen molar-refractivity contribution in [2.45, 2.75) is 26.4 Å². The lowest BCUT2D eigenvalue weighted by Crippen LogP contribution is -2.35. The molecule has 1 aromatic rings. The molecule has 102 valence electrons. The number of hydrogen-bond donors (Lipinski definition) is 0. The summed E-state index contributed by atoms with van der Waals surface area (Å²) in [6.07, 6.45) is 4.96. The molecule has 6 heteroatoms. The first-order valence-corrected chi connectivity index (χ1v) is 6.38. The normalized spacial score (nSPS) is 15.4. The third kappa shape index (κ3) is 3.67.